The van der Waals surface area contributed by atoms with Gasteiger partial charge in [-0.3, -0.25) is 15.0 Å². The average molecular weight is 465 g/mol. The molecule has 2 aromatic heterocycles. The van der Waals surface area contributed by atoms with E-state index in [4.69, 9.17) is 9.47 Å². The normalized spacial score (nSPS) is 15.2. The number of ether oxygens (including phenoxy) is 2. The van der Waals surface area contributed by atoms with Crippen LogP contribution in [0.5, 0.6) is 5.75 Å². The number of benzene rings is 1. The highest BCUT2D eigenvalue weighted by Crippen LogP contribution is 2.28. The van der Waals surface area contributed by atoms with Crippen molar-refractivity contribution in [1.82, 2.24) is 14.0 Å². The smallest absolute Gasteiger partial charge is 0.281 e. The predicted octanol–water partition coefficient (Wildman–Crippen LogP) is 1.18. The number of aromatic nitrogens is 2. The lowest BCUT2D eigenvalue weighted by molar-refractivity contribution is 0.0729. The molecule has 1 saturated heterocycles. The molecular formula is C19H20N4O6S2. The summed E-state index contributed by atoms with van der Waals surface area (Å²) in [5, 5.41) is 2.14. The van der Waals surface area contributed by atoms with Crippen LogP contribution in [-0.2, 0) is 14.8 Å². The van der Waals surface area contributed by atoms with E-state index < -0.39 is 21.5 Å². The minimum atomic E-state index is -3.90. The van der Waals surface area contributed by atoms with Crippen LogP contribution in [0.2, 0.25) is 0 Å². The number of carbonyl (C=O) groups is 1. The molecule has 4 rings (SSSR count). The number of nitrogens with one attached hydrogen (secondary N) is 1. The largest absolute Gasteiger partial charge is 0.495 e. The number of fused-ring (bicyclic) bond motifs is 1. The van der Waals surface area contributed by atoms with Gasteiger partial charge in [-0.2, -0.15) is 4.31 Å². The van der Waals surface area contributed by atoms with Gasteiger partial charge in [0.25, 0.3) is 11.5 Å². The maximum Gasteiger partial charge on any atom is 0.281 e. The van der Waals surface area contributed by atoms with Crippen LogP contribution >= 0.6 is 11.3 Å². The third-order valence-electron chi connectivity index (χ3n) is 4.89. The molecule has 12 heteroatoms. The zero-order valence-corrected chi connectivity index (χ0v) is 18.5. The molecule has 1 fully saturated rings. The minimum absolute atomic E-state index is 0.0596. The number of sulfonamides is 1. The van der Waals surface area contributed by atoms with E-state index >= 15 is 0 Å². The Morgan fingerprint density at radius 2 is 2.00 bits per heavy atom. The van der Waals surface area contributed by atoms with E-state index in [0.29, 0.717) is 29.3 Å². The molecule has 0 aliphatic carbocycles. The highest BCUT2D eigenvalue weighted by molar-refractivity contribution is 7.89. The van der Waals surface area contributed by atoms with E-state index in [1.807, 2.05) is 0 Å². The van der Waals surface area contributed by atoms with Crippen molar-refractivity contribution in [2.45, 2.75) is 11.8 Å². The van der Waals surface area contributed by atoms with Crippen LogP contribution < -0.4 is 15.7 Å². The van der Waals surface area contributed by atoms with Crippen molar-refractivity contribution in [3.8, 4) is 5.75 Å². The van der Waals surface area contributed by atoms with Gasteiger partial charge in [0, 0.05) is 18.7 Å². The maximum atomic E-state index is 13.1. The van der Waals surface area contributed by atoms with E-state index in [2.05, 4.69) is 10.4 Å². The highest BCUT2D eigenvalue weighted by Gasteiger charge is 2.30. The van der Waals surface area contributed by atoms with Gasteiger partial charge < -0.3 is 9.47 Å². The number of rotatable bonds is 5. The lowest BCUT2D eigenvalue weighted by Crippen LogP contribution is -2.40. The summed E-state index contributed by atoms with van der Waals surface area (Å²) in [6.07, 6.45) is 0. The summed E-state index contributed by atoms with van der Waals surface area (Å²) in [5.74, 6) is -0.219. The molecule has 3 aromatic rings. The van der Waals surface area contributed by atoms with Crippen molar-refractivity contribution in [3.05, 3.63) is 51.4 Å². The van der Waals surface area contributed by atoms with Crippen molar-refractivity contribution < 1.29 is 22.7 Å². The van der Waals surface area contributed by atoms with Crippen molar-refractivity contribution in [3.63, 3.8) is 0 Å². The van der Waals surface area contributed by atoms with E-state index in [0.717, 1.165) is 4.68 Å². The Morgan fingerprint density at radius 1 is 1.26 bits per heavy atom. The van der Waals surface area contributed by atoms with Gasteiger partial charge >= 0.3 is 0 Å². The Labute approximate surface area is 182 Å². The van der Waals surface area contributed by atoms with Crippen molar-refractivity contribution in [2.24, 2.45) is 0 Å². The molecular weight excluding hydrogens is 444 g/mol. The van der Waals surface area contributed by atoms with Crippen LogP contribution in [0.3, 0.4) is 0 Å². The number of amides is 1. The first-order valence-electron chi connectivity index (χ1n) is 9.37. The number of methoxy groups -OCH3 is 1. The summed E-state index contributed by atoms with van der Waals surface area (Å²) in [7, 11) is -2.54. The molecule has 0 bridgehead atoms. The summed E-state index contributed by atoms with van der Waals surface area (Å²) in [4.78, 5) is 30.3. The standard InChI is InChI=1S/C19H20N4O6S2/c1-12-20-18-14(5-10-30-18)19(25)23(12)21-17(24)13-3-4-15(28-2)16(11-13)31(26,27)22-6-8-29-9-7-22/h3-5,10-11H,6-9H2,1-2H3,(H,21,24). The fourth-order valence-corrected chi connectivity index (χ4v) is 5.65. The second kappa shape index (κ2) is 8.38. The minimum Gasteiger partial charge on any atom is -0.495 e. The third kappa shape index (κ3) is 3.94. The van der Waals surface area contributed by atoms with Gasteiger partial charge in [-0.25, -0.2) is 18.1 Å². The Balaban J connectivity index is 1.70. The van der Waals surface area contributed by atoms with Gasteiger partial charge in [-0.15, -0.1) is 11.3 Å². The van der Waals surface area contributed by atoms with Gasteiger partial charge in [-0.1, -0.05) is 0 Å². The van der Waals surface area contributed by atoms with E-state index in [1.165, 1.54) is 41.0 Å². The monoisotopic (exact) mass is 464 g/mol. The molecule has 164 valence electrons. The van der Waals surface area contributed by atoms with Crippen LogP contribution in [0.4, 0.5) is 0 Å². The summed E-state index contributed by atoms with van der Waals surface area (Å²) in [5.41, 5.74) is 2.16. The summed E-state index contributed by atoms with van der Waals surface area (Å²) < 4.78 is 39.0. The van der Waals surface area contributed by atoms with Crippen molar-refractivity contribution >= 4 is 37.5 Å². The number of hydrogen-bond acceptors (Lipinski definition) is 8. The molecule has 1 aliphatic heterocycles. The summed E-state index contributed by atoms with van der Waals surface area (Å²) >= 11 is 1.33. The summed E-state index contributed by atoms with van der Waals surface area (Å²) in [6, 6.07) is 5.73. The van der Waals surface area contributed by atoms with Gasteiger partial charge in [0.2, 0.25) is 10.0 Å². The van der Waals surface area contributed by atoms with Crippen LogP contribution in [0.15, 0.2) is 39.3 Å². The Hall–Kier alpha value is -2.80. The number of aryl methyl sites for hydroxylation is 1. The predicted molar refractivity (Wildman–Crippen MR) is 115 cm³/mol. The maximum absolute atomic E-state index is 13.1. The molecule has 0 atom stereocenters. The molecule has 0 saturated carbocycles. The molecule has 0 spiro atoms. The fourth-order valence-electron chi connectivity index (χ4n) is 3.26. The van der Waals surface area contributed by atoms with Crippen LogP contribution in [0, 0.1) is 6.92 Å². The fraction of sp³-hybridized carbons (Fsp3) is 0.316. The molecule has 10 nitrogen and oxygen atoms in total. The van der Waals surface area contributed by atoms with Crippen molar-refractivity contribution in [1.29, 1.82) is 0 Å². The molecule has 0 unspecified atom stereocenters. The van der Waals surface area contributed by atoms with Gasteiger partial charge in [0.15, 0.2) is 0 Å². The zero-order chi connectivity index (χ0) is 22.2. The van der Waals surface area contributed by atoms with E-state index in [-0.39, 0.29) is 29.3 Å². The number of carbonyl (C=O) groups excluding carboxylic acids is 1. The number of thiophene rings is 1. The second-order valence-electron chi connectivity index (χ2n) is 6.76. The molecule has 1 amide bonds. The van der Waals surface area contributed by atoms with Gasteiger partial charge in [-0.05, 0) is 36.6 Å². The third-order valence-corrected chi connectivity index (χ3v) is 7.62. The van der Waals surface area contributed by atoms with E-state index in [9.17, 15) is 18.0 Å². The average Bonchev–Trinajstić information content (AvgIpc) is 3.25. The first-order chi connectivity index (χ1) is 14.8. The van der Waals surface area contributed by atoms with Gasteiger partial charge in [0.1, 0.15) is 21.3 Å². The first-order valence-corrected chi connectivity index (χ1v) is 11.7. The Bertz CT molecular complexity index is 1310. The molecule has 3 heterocycles. The Kier molecular flexibility index (Phi) is 5.79. The molecule has 0 radical (unpaired) electrons. The van der Waals surface area contributed by atoms with Crippen molar-refractivity contribution in [2.75, 3.05) is 38.8 Å². The molecule has 31 heavy (non-hydrogen) atoms. The number of morpholine rings is 1. The molecule has 1 aromatic carbocycles. The summed E-state index contributed by atoms with van der Waals surface area (Å²) in [6.45, 7) is 2.61. The second-order valence-corrected chi connectivity index (χ2v) is 9.56. The van der Waals surface area contributed by atoms with E-state index in [1.54, 1.807) is 18.4 Å². The Morgan fingerprint density at radius 3 is 2.71 bits per heavy atom. The number of hydrogen-bond donors (Lipinski definition) is 1. The quantitative estimate of drug-likeness (QED) is 0.602. The molecule has 1 N–H and O–H groups in total. The first kappa shape index (κ1) is 21.4. The van der Waals surface area contributed by atoms with Crippen LogP contribution in [-0.4, -0.2) is 61.7 Å². The lowest BCUT2D eigenvalue weighted by atomic mass is 10.2. The SMILES string of the molecule is COc1ccc(C(=O)Nn2c(C)nc3sccc3c2=O)cc1S(=O)(=O)N1CCOCC1. The van der Waals surface area contributed by atoms with Crippen LogP contribution in [0.1, 0.15) is 16.2 Å². The van der Waals surface area contributed by atoms with Gasteiger partial charge in [0.05, 0.1) is 25.7 Å². The lowest BCUT2D eigenvalue weighted by Gasteiger charge is -2.26. The number of nitrogens with zero attached hydrogens (tertiary/aromatic N) is 3. The highest BCUT2D eigenvalue weighted by atomic mass is 32.2. The molecule has 1 aliphatic rings. The van der Waals surface area contributed by atoms with Crippen LogP contribution in [0.25, 0.3) is 10.2 Å². The zero-order valence-electron chi connectivity index (χ0n) is 16.8. The topological polar surface area (TPSA) is 120 Å².